The maximum atomic E-state index is 10.7. The summed E-state index contributed by atoms with van der Waals surface area (Å²) in [5, 5.41) is 17.6. The van der Waals surface area contributed by atoms with Crippen molar-refractivity contribution < 1.29 is 15.0 Å². The lowest BCUT2D eigenvalue weighted by atomic mass is 9.80. The summed E-state index contributed by atoms with van der Waals surface area (Å²) in [5.74, 6) is -1.16. The maximum Gasteiger partial charge on any atom is 0.309 e. The smallest absolute Gasteiger partial charge is 0.309 e. The molecule has 1 atom stereocenters. The predicted molar refractivity (Wildman–Crippen MR) is 44.8 cm³/mol. The SMILES string of the molecule is O=C(O)C(CO)C1CCCCC1. The van der Waals surface area contributed by atoms with Crippen LogP contribution in [0.25, 0.3) is 0 Å². The van der Waals surface area contributed by atoms with E-state index in [2.05, 4.69) is 0 Å². The molecule has 3 heteroatoms. The first-order chi connectivity index (χ1) is 5.75. The molecule has 1 rings (SSSR count). The molecule has 0 heterocycles. The van der Waals surface area contributed by atoms with E-state index in [-0.39, 0.29) is 12.5 Å². The molecule has 0 aromatic heterocycles. The van der Waals surface area contributed by atoms with Crippen LogP contribution in [0.1, 0.15) is 32.1 Å². The maximum absolute atomic E-state index is 10.7. The molecule has 0 aromatic carbocycles. The van der Waals surface area contributed by atoms with E-state index in [1.54, 1.807) is 0 Å². The first kappa shape index (κ1) is 9.52. The van der Waals surface area contributed by atoms with Crippen molar-refractivity contribution in [2.24, 2.45) is 11.8 Å². The van der Waals surface area contributed by atoms with Crippen molar-refractivity contribution in [3.8, 4) is 0 Å². The molecule has 3 nitrogen and oxygen atoms in total. The Labute approximate surface area is 72.4 Å². The van der Waals surface area contributed by atoms with Crippen LogP contribution >= 0.6 is 0 Å². The highest BCUT2D eigenvalue weighted by atomic mass is 16.4. The fraction of sp³-hybridized carbons (Fsp3) is 0.889. The Morgan fingerprint density at radius 1 is 1.33 bits per heavy atom. The minimum atomic E-state index is -0.843. The zero-order chi connectivity index (χ0) is 8.97. The van der Waals surface area contributed by atoms with Gasteiger partial charge in [-0.25, -0.2) is 0 Å². The summed E-state index contributed by atoms with van der Waals surface area (Å²) in [6.07, 6.45) is 5.40. The highest BCUT2D eigenvalue weighted by Gasteiger charge is 2.28. The highest BCUT2D eigenvalue weighted by molar-refractivity contribution is 5.70. The summed E-state index contributed by atoms with van der Waals surface area (Å²) in [6.45, 7) is -0.208. The highest BCUT2D eigenvalue weighted by Crippen LogP contribution is 2.29. The topological polar surface area (TPSA) is 57.5 Å². The minimum absolute atomic E-state index is 0.208. The lowest BCUT2D eigenvalue weighted by molar-refractivity contribution is -0.145. The Morgan fingerprint density at radius 2 is 1.92 bits per heavy atom. The second-order valence-corrected chi connectivity index (χ2v) is 3.53. The van der Waals surface area contributed by atoms with Crippen molar-refractivity contribution in [3.63, 3.8) is 0 Å². The first-order valence-electron chi connectivity index (χ1n) is 4.59. The monoisotopic (exact) mass is 172 g/mol. The lowest BCUT2D eigenvalue weighted by Crippen LogP contribution is -2.28. The van der Waals surface area contributed by atoms with Gasteiger partial charge in [0, 0.05) is 0 Å². The zero-order valence-electron chi connectivity index (χ0n) is 7.20. The number of hydrogen-bond acceptors (Lipinski definition) is 2. The van der Waals surface area contributed by atoms with E-state index >= 15 is 0 Å². The van der Waals surface area contributed by atoms with Crippen LogP contribution in [0.3, 0.4) is 0 Å². The van der Waals surface area contributed by atoms with E-state index in [0.29, 0.717) is 0 Å². The fourth-order valence-corrected chi connectivity index (χ4v) is 1.97. The third-order valence-electron chi connectivity index (χ3n) is 2.73. The van der Waals surface area contributed by atoms with Crippen molar-refractivity contribution in [1.82, 2.24) is 0 Å². The summed E-state index contributed by atoms with van der Waals surface area (Å²) in [6, 6.07) is 0. The molecule has 0 spiro atoms. The number of aliphatic hydroxyl groups excluding tert-OH is 1. The number of rotatable bonds is 3. The van der Waals surface area contributed by atoms with E-state index in [9.17, 15) is 4.79 Å². The van der Waals surface area contributed by atoms with E-state index in [4.69, 9.17) is 10.2 Å². The molecule has 0 bridgehead atoms. The number of aliphatic hydroxyl groups is 1. The van der Waals surface area contributed by atoms with Crippen molar-refractivity contribution in [2.45, 2.75) is 32.1 Å². The summed E-state index contributed by atoms with van der Waals surface area (Å²) in [5.41, 5.74) is 0. The second-order valence-electron chi connectivity index (χ2n) is 3.53. The van der Waals surface area contributed by atoms with Gasteiger partial charge in [-0.15, -0.1) is 0 Å². The molecular formula is C9H16O3. The third-order valence-corrected chi connectivity index (χ3v) is 2.73. The minimum Gasteiger partial charge on any atom is -0.481 e. The number of carbonyl (C=O) groups is 1. The Hall–Kier alpha value is -0.570. The molecule has 1 aliphatic rings. The number of hydrogen-bond donors (Lipinski definition) is 2. The van der Waals surface area contributed by atoms with Gasteiger partial charge in [0.25, 0.3) is 0 Å². The van der Waals surface area contributed by atoms with Crippen LogP contribution in [0, 0.1) is 11.8 Å². The molecule has 12 heavy (non-hydrogen) atoms. The van der Waals surface area contributed by atoms with Gasteiger partial charge >= 0.3 is 5.97 Å². The summed E-state index contributed by atoms with van der Waals surface area (Å²) >= 11 is 0. The Balaban J connectivity index is 2.46. The summed E-state index contributed by atoms with van der Waals surface area (Å²) < 4.78 is 0. The molecule has 2 N–H and O–H groups in total. The van der Waals surface area contributed by atoms with Gasteiger partial charge in [0.2, 0.25) is 0 Å². The van der Waals surface area contributed by atoms with E-state index in [1.807, 2.05) is 0 Å². The molecule has 1 saturated carbocycles. The standard InChI is InChI=1S/C9H16O3/c10-6-8(9(11)12)7-4-2-1-3-5-7/h7-8,10H,1-6H2,(H,11,12). The van der Waals surface area contributed by atoms with Gasteiger partial charge in [-0.1, -0.05) is 19.3 Å². The predicted octanol–water partition coefficient (Wildman–Crippen LogP) is 1.26. The Morgan fingerprint density at radius 3 is 2.33 bits per heavy atom. The largest absolute Gasteiger partial charge is 0.481 e. The molecule has 0 radical (unpaired) electrons. The van der Waals surface area contributed by atoms with Gasteiger partial charge in [0.15, 0.2) is 0 Å². The Kier molecular flexibility index (Phi) is 3.53. The van der Waals surface area contributed by atoms with E-state index < -0.39 is 11.9 Å². The average Bonchev–Trinajstić information content (AvgIpc) is 2.07. The molecule has 1 fully saturated rings. The molecule has 0 aliphatic heterocycles. The van der Waals surface area contributed by atoms with Crippen LogP contribution in [0.2, 0.25) is 0 Å². The molecule has 0 saturated heterocycles. The zero-order valence-corrected chi connectivity index (χ0v) is 7.20. The second kappa shape index (κ2) is 4.45. The number of carboxylic acids is 1. The molecule has 0 aromatic rings. The van der Waals surface area contributed by atoms with Crippen molar-refractivity contribution >= 4 is 5.97 Å². The van der Waals surface area contributed by atoms with Crippen LogP contribution in [-0.2, 0) is 4.79 Å². The van der Waals surface area contributed by atoms with Crippen molar-refractivity contribution in [1.29, 1.82) is 0 Å². The molecule has 1 aliphatic carbocycles. The van der Waals surface area contributed by atoms with Crippen LogP contribution in [-0.4, -0.2) is 22.8 Å². The van der Waals surface area contributed by atoms with E-state index in [1.165, 1.54) is 6.42 Å². The van der Waals surface area contributed by atoms with Crippen LogP contribution in [0.4, 0.5) is 0 Å². The molecule has 70 valence electrons. The van der Waals surface area contributed by atoms with Gasteiger partial charge in [-0.2, -0.15) is 0 Å². The van der Waals surface area contributed by atoms with Crippen molar-refractivity contribution in [3.05, 3.63) is 0 Å². The average molecular weight is 172 g/mol. The first-order valence-corrected chi connectivity index (χ1v) is 4.59. The van der Waals surface area contributed by atoms with Gasteiger partial charge in [-0.3, -0.25) is 4.79 Å². The third kappa shape index (κ3) is 2.21. The van der Waals surface area contributed by atoms with Crippen molar-refractivity contribution in [2.75, 3.05) is 6.61 Å². The van der Waals surface area contributed by atoms with Gasteiger partial charge < -0.3 is 10.2 Å². The molecular weight excluding hydrogens is 156 g/mol. The Bertz CT molecular complexity index is 150. The summed E-state index contributed by atoms with van der Waals surface area (Å²) in [4.78, 5) is 10.7. The summed E-state index contributed by atoms with van der Waals surface area (Å²) in [7, 11) is 0. The van der Waals surface area contributed by atoms with Gasteiger partial charge in [0.05, 0.1) is 12.5 Å². The quantitative estimate of drug-likeness (QED) is 0.673. The molecule has 0 amide bonds. The van der Waals surface area contributed by atoms with Gasteiger partial charge in [0.1, 0.15) is 0 Å². The normalized spacial score (nSPS) is 22.1. The fourth-order valence-electron chi connectivity index (χ4n) is 1.97. The number of aliphatic carboxylic acids is 1. The van der Waals surface area contributed by atoms with Gasteiger partial charge in [-0.05, 0) is 18.8 Å². The van der Waals surface area contributed by atoms with E-state index in [0.717, 1.165) is 25.7 Å². The number of carboxylic acid groups (broad SMARTS) is 1. The molecule has 1 unspecified atom stereocenters. The van der Waals surface area contributed by atoms with Crippen LogP contribution in [0.5, 0.6) is 0 Å². The van der Waals surface area contributed by atoms with Crippen LogP contribution in [0.15, 0.2) is 0 Å². The van der Waals surface area contributed by atoms with Crippen LogP contribution < -0.4 is 0 Å². The lowest BCUT2D eigenvalue weighted by Gasteiger charge is -2.25.